The first-order valence-electron chi connectivity index (χ1n) is 3.74. The van der Waals surface area contributed by atoms with Crippen LogP contribution in [0.25, 0.3) is 0 Å². The van der Waals surface area contributed by atoms with E-state index in [1.807, 2.05) is 17.7 Å². The summed E-state index contributed by atoms with van der Waals surface area (Å²) >= 11 is 1.59. The highest BCUT2D eigenvalue weighted by atomic mass is 32.1. The van der Waals surface area contributed by atoms with E-state index in [4.69, 9.17) is 5.11 Å². The Hall–Kier alpha value is -0.610. The van der Waals surface area contributed by atoms with E-state index in [0.717, 1.165) is 11.3 Å². The van der Waals surface area contributed by atoms with Gasteiger partial charge in [-0.3, -0.25) is 0 Å². The molecule has 68 valence electrons. The minimum Gasteiger partial charge on any atom is -0.389 e. The summed E-state index contributed by atoms with van der Waals surface area (Å²) in [5.41, 5.74) is 2.11. The van der Waals surface area contributed by atoms with Crippen molar-refractivity contribution in [3.63, 3.8) is 0 Å². The minimum absolute atomic E-state index is 0.272. The first-order valence-corrected chi connectivity index (χ1v) is 4.69. The zero-order valence-corrected chi connectivity index (χ0v) is 7.70. The first-order chi connectivity index (χ1) is 5.74. The molecule has 0 amide bonds. The lowest BCUT2D eigenvalue weighted by molar-refractivity contribution is 0.151. The third kappa shape index (κ3) is 2.46. The van der Waals surface area contributed by atoms with E-state index < -0.39 is 12.8 Å². The zero-order valence-electron chi connectivity index (χ0n) is 6.88. The Kier molecular flexibility index (Phi) is 3.49. The van der Waals surface area contributed by atoms with E-state index >= 15 is 0 Å². The lowest BCUT2D eigenvalue weighted by Crippen LogP contribution is -2.21. The minimum atomic E-state index is -0.899. The van der Waals surface area contributed by atoms with E-state index in [1.54, 1.807) is 11.3 Å². The predicted octanol–water partition coefficient (Wildman–Crippen LogP) is 1.80. The van der Waals surface area contributed by atoms with Gasteiger partial charge in [0.15, 0.2) is 0 Å². The number of aliphatic hydroxyl groups excluding tert-OH is 1. The Balaban J connectivity index is 2.38. The summed E-state index contributed by atoms with van der Waals surface area (Å²) in [6.45, 7) is 1.55. The third-order valence-corrected chi connectivity index (χ3v) is 2.42. The molecule has 12 heavy (non-hydrogen) atoms. The lowest BCUT2D eigenvalue weighted by atomic mass is 10.3. The number of halogens is 1. The number of aryl methyl sites for hydroxylation is 1. The fraction of sp³-hybridized carbons (Fsp3) is 0.500. The van der Waals surface area contributed by atoms with E-state index in [9.17, 15) is 4.39 Å². The standard InChI is InChI=1S/C8H12FNOS/c1-6-4-12-5-8(6)10-3-7(11)2-9/h4-5,7,10-11H,2-3H2,1H3. The van der Waals surface area contributed by atoms with E-state index in [0.29, 0.717) is 0 Å². The van der Waals surface area contributed by atoms with Crippen molar-refractivity contribution in [3.8, 4) is 0 Å². The number of alkyl halides is 1. The fourth-order valence-corrected chi connectivity index (χ4v) is 1.63. The van der Waals surface area contributed by atoms with Crippen LogP contribution in [0.1, 0.15) is 5.56 Å². The quantitative estimate of drug-likeness (QED) is 0.757. The Morgan fingerprint density at radius 1 is 1.67 bits per heavy atom. The van der Waals surface area contributed by atoms with Crippen LogP contribution in [0.15, 0.2) is 10.8 Å². The van der Waals surface area contributed by atoms with Gasteiger partial charge < -0.3 is 10.4 Å². The summed E-state index contributed by atoms with van der Waals surface area (Å²) < 4.78 is 11.8. The molecule has 0 bridgehead atoms. The summed E-state index contributed by atoms with van der Waals surface area (Å²) in [6.07, 6.45) is -0.899. The molecule has 0 saturated carbocycles. The summed E-state index contributed by atoms with van der Waals surface area (Å²) in [5, 5.41) is 15.8. The molecule has 1 aromatic heterocycles. The van der Waals surface area contributed by atoms with Crippen molar-refractivity contribution in [2.24, 2.45) is 0 Å². The first kappa shape index (κ1) is 9.48. The van der Waals surface area contributed by atoms with Crippen LogP contribution in [-0.2, 0) is 0 Å². The SMILES string of the molecule is Cc1cscc1NCC(O)CF. The van der Waals surface area contributed by atoms with Crippen LogP contribution >= 0.6 is 11.3 Å². The van der Waals surface area contributed by atoms with Crippen LogP contribution in [0.2, 0.25) is 0 Å². The maximum Gasteiger partial charge on any atom is 0.117 e. The van der Waals surface area contributed by atoms with Crippen molar-refractivity contribution < 1.29 is 9.50 Å². The molecule has 1 atom stereocenters. The number of rotatable bonds is 4. The molecule has 0 aromatic carbocycles. The molecule has 2 nitrogen and oxygen atoms in total. The molecular weight excluding hydrogens is 177 g/mol. The highest BCUT2D eigenvalue weighted by molar-refractivity contribution is 7.08. The van der Waals surface area contributed by atoms with Gasteiger partial charge in [0.05, 0.1) is 6.10 Å². The zero-order chi connectivity index (χ0) is 8.97. The molecule has 4 heteroatoms. The van der Waals surface area contributed by atoms with Crippen molar-refractivity contribution in [1.82, 2.24) is 0 Å². The van der Waals surface area contributed by atoms with Gasteiger partial charge in [-0.2, -0.15) is 0 Å². The summed E-state index contributed by atoms with van der Waals surface area (Å²) in [5.74, 6) is 0. The monoisotopic (exact) mass is 189 g/mol. The number of anilines is 1. The second-order valence-electron chi connectivity index (χ2n) is 2.66. The molecule has 1 rings (SSSR count). The molecule has 0 radical (unpaired) electrons. The molecule has 0 aliphatic rings. The second-order valence-corrected chi connectivity index (χ2v) is 3.40. The van der Waals surface area contributed by atoms with Crippen molar-refractivity contribution in [2.45, 2.75) is 13.0 Å². The van der Waals surface area contributed by atoms with Crippen LogP contribution in [0.4, 0.5) is 10.1 Å². The number of hydrogen-bond donors (Lipinski definition) is 2. The summed E-state index contributed by atoms with van der Waals surface area (Å²) in [6, 6.07) is 0. The van der Waals surface area contributed by atoms with Gasteiger partial charge in [0.2, 0.25) is 0 Å². The molecule has 1 unspecified atom stereocenters. The van der Waals surface area contributed by atoms with E-state index in [2.05, 4.69) is 5.32 Å². The number of aliphatic hydroxyl groups is 1. The van der Waals surface area contributed by atoms with Crippen molar-refractivity contribution >= 4 is 17.0 Å². The van der Waals surface area contributed by atoms with Crippen LogP contribution in [0.3, 0.4) is 0 Å². The van der Waals surface area contributed by atoms with Gasteiger partial charge in [-0.25, -0.2) is 4.39 Å². The van der Waals surface area contributed by atoms with Gasteiger partial charge in [-0.05, 0) is 17.9 Å². The second kappa shape index (κ2) is 4.42. The average molecular weight is 189 g/mol. The van der Waals surface area contributed by atoms with E-state index in [-0.39, 0.29) is 6.54 Å². The van der Waals surface area contributed by atoms with Gasteiger partial charge in [0.25, 0.3) is 0 Å². The van der Waals surface area contributed by atoms with E-state index in [1.165, 1.54) is 0 Å². The van der Waals surface area contributed by atoms with Crippen LogP contribution in [-0.4, -0.2) is 24.4 Å². The number of thiophene rings is 1. The molecule has 0 spiro atoms. The lowest BCUT2D eigenvalue weighted by Gasteiger charge is -2.08. The highest BCUT2D eigenvalue weighted by Crippen LogP contribution is 2.18. The average Bonchev–Trinajstić information content (AvgIpc) is 2.47. The van der Waals surface area contributed by atoms with Gasteiger partial charge in [0, 0.05) is 17.6 Å². The van der Waals surface area contributed by atoms with Crippen LogP contribution < -0.4 is 5.32 Å². The Morgan fingerprint density at radius 3 is 2.92 bits per heavy atom. The predicted molar refractivity (Wildman–Crippen MR) is 49.5 cm³/mol. The van der Waals surface area contributed by atoms with Crippen molar-refractivity contribution in [2.75, 3.05) is 18.5 Å². The number of hydrogen-bond acceptors (Lipinski definition) is 3. The number of nitrogens with one attached hydrogen (secondary N) is 1. The van der Waals surface area contributed by atoms with Crippen molar-refractivity contribution in [1.29, 1.82) is 0 Å². The maximum atomic E-state index is 11.8. The van der Waals surface area contributed by atoms with Gasteiger partial charge in [-0.15, -0.1) is 11.3 Å². The largest absolute Gasteiger partial charge is 0.389 e. The summed E-state index contributed by atoms with van der Waals surface area (Å²) in [4.78, 5) is 0. The van der Waals surface area contributed by atoms with Crippen LogP contribution in [0.5, 0.6) is 0 Å². The summed E-state index contributed by atoms with van der Waals surface area (Å²) in [7, 11) is 0. The highest BCUT2D eigenvalue weighted by Gasteiger charge is 2.03. The molecule has 1 heterocycles. The molecule has 0 fully saturated rings. The topological polar surface area (TPSA) is 32.3 Å². The molecule has 1 aromatic rings. The van der Waals surface area contributed by atoms with Crippen molar-refractivity contribution in [3.05, 3.63) is 16.3 Å². The normalized spacial score (nSPS) is 12.9. The Morgan fingerprint density at radius 2 is 2.42 bits per heavy atom. The van der Waals surface area contributed by atoms with Crippen LogP contribution in [0, 0.1) is 6.92 Å². The molecule has 0 aliphatic carbocycles. The fourth-order valence-electron chi connectivity index (χ4n) is 0.824. The smallest absolute Gasteiger partial charge is 0.117 e. The maximum absolute atomic E-state index is 11.8. The Labute approximate surface area is 75.0 Å². The molecular formula is C8H12FNOS. The Bertz CT molecular complexity index is 239. The molecule has 0 saturated heterocycles. The van der Waals surface area contributed by atoms with Gasteiger partial charge in [-0.1, -0.05) is 0 Å². The molecule has 2 N–H and O–H groups in total. The molecule has 0 aliphatic heterocycles. The van der Waals surface area contributed by atoms with Gasteiger partial charge >= 0.3 is 0 Å². The third-order valence-electron chi connectivity index (χ3n) is 1.56. The van der Waals surface area contributed by atoms with Gasteiger partial charge in [0.1, 0.15) is 6.67 Å².